The van der Waals surface area contributed by atoms with Gasteiger partial charge < -0.3 is 20.3 Å². The molecule has 2 atom stereocenters. The molecule has 32 heavy (non-hydrogen) atoms. The first kappa shape index (κ1) is 22.3. The Kier molecular flexibility index (Phi) is 6.48. The minimum absolute atomic E-state index is 0.0572. The topological polar surface area (TPSA) is 70.7 Å². The molecule has 0 aromatic heterocycles. The Bertz CT molecular complexity index is 1180. The van der Waals surface area contributed by atoms with Crippen molar-refractivity contribution < 1.29 is 14.3 Å². The first-order valence-corrected chi connectivity index (χ1v) is 11.4. The number of fused-ring (bicyclic) bond motifs is 2. The summed E-state index contributed by atoms with van der Waals surface area (Å²) < 4.78 is 6.78. The van der Waals surface area contributed by atoms with Gasteiger partial charge in [-0.05, 0) is 70.9 Å². The molecule has 0 spiro atoms. The van der Waals surface area contributed by atoms with Crippen molar-refractivity contribution in [2.45, 2.75) is 32.5 Å². The number of hydrogen-bond acceptors (Lipinski definition) is 4. The molecule has 0 radical (unpaired) electrons. The van der Waals surface area contributed by atoms with Crippen molar-refractivity contribution in [1.82, 2.24) is 10.6 Å². The van der Waals surface area contributed by atoms with Crippen LogP contribution in [0.4, 0.5) is 5.69 Å². The number of carbonyl (C=O) groups excluding carboxylic acids is 2. The first-order valence-electron chi connectivity index (χ1n) is 10.6. The number of ether oxygens (including phenoxy) is 1. The van der Waals surface area contributed by atoms with Crippen LogP contribution in [0.3, 0.4) is 0 Å². The Morgan fingerprint density at radius 2 is 1.97 bits per heavy atom. The van der Waals surface area contributed by atoms with Crippen molar-refractivity contribution in [3.63, 3.8) is 0 Å². The zero-order valence-electron chi connectivity index (χ0n) is 18.3. The first-order chi connectivity index (χ1) is 15.4. The van der Waals surface area contributed by atoms with Gasteiger partial charge in [-0.1, -0.05) is 42.5 Å². The number of halogens is 1. The van der Waals surface area contributed by atoms with E-state index in [0.29, 0.717) is 18.0 Å². The smallest absolute Gasteiger partial charge is 0.253 e. The molecule has 7 heteroatoms. The van der Waals surface area contributed by atoms with Gasteiger partial charge in [-0.15, -0.1) is 0 Å². The van der Waals surface area contributed by atoms with Crippen LogP contribution in [0, 0.1) is 6.92 Å². The van der Waals surface area contributed by atoms with E-state index in [4.69, 9.17) is 4.74 Å². The van der Waals surface area contributed by atoms with E-state index in [9.17, 15) is 9.59 Å². The summed E-state index contributed by atoms with van der Waals surface area (Å²) in [5.74, 6) is 0.142. The fourth-order valence-corrected chi connectivity index (χ4v) is 4.38. The highest BCUT2D eigenvalue weighted by atomic mass is 79.9. The summed E-state index contributed by atoms with van der Waals surface area (Å²) >= 11 is 3.55. The van der Waals surface area contributed by atoms with Crippen molar-refractivity contribution in [2.75, 3.05) is 18.6 Å². The van der Waals surface area contributed by atoms with Crippen molar-refractivity contribution in [3.05, 3.63) is 70.2 Å². The van der Waals surface area contributed by atoms with Crippen molar-refractivity contribution in [2.24, 2.45) is 0 Å². The monoisotopic (exact) mass is 495 g/mol. The lowest BCUT2D eigenvalue weighted by Crippen LogP contribution is -2.53. The third kappa shape index (κ3) is 4.23. The van der Waals surface area contributed by atoms with Gasteiger partial charge in [-0.3, -0.25) is 9.59 Å². The van der Waals surface area contributed by atoms with E-state index in [1.807, 2.05) is 30.3 Å². The van der Waals surface area contributed by atoms with Gasteiger partial charge in [0.25, 0.3) is 5.91 Å². The molecule has 0 saturated carbocycles. The summed E-state index contributed by atoms with van der Waals surface area (Å²) in [5.41, 5.74) is 2.84. The molecular formula is C25H26BrN3O3. The van der Waals surface area contributed by atoms with E-state index in [2.05, 4.69) is 57.8 Å². The maximum absolute atomic E-state index is 13.7. The molecule has 4 rings (SSSR count). The fourth-order valence-electron chi connectivity index (χ4n) is 3.90. The predicted octanol–water partition coefficient (Wildman–Crippen LogP) is 3.93. The second-order valence-corrected chi connectivity index (χ2v) is 8.83. The van der Waals surface area contributed by atoms with Crippen molar-refractivity contribution in [3.8, 4) is 5.75 Å². The predicted molar refractivity (Wildman–Crippen MR) is 130 cm³/mol. The highest BCUT2D eigenvalue weighted by Gasteiger charge is 2.34. The van der Waals surface area contributed by atoms with Gasteiger partial charge in [0.1, 0.15) is 12.6 Å². The maximum Gasteiger partial charge on any atom is 0.253 e. The molecule has 0 bridgehead atoms. The Labute approximate surface area is 196 Å². The average Bonchev–Trinajstić information content (AvgIpc) is 2.93. The van der Waals surface area contributed by atoms with Gasteiger partial charge in [0.2, 0.25) is 5.91 Å². The molecule has 2 N–H and O–H groups in total. The molecule has 1 heterocycles. The highest BCUT2D eigenvalue weighted by Crippen LogP contribution is 2.39. The van der Waals surface area contributed by atoms with Crippen LogP contribution in [0.5, 0.6) is 5.75 Å². The van der Waals surface area contributed by atoms with E-state index >= 15 is 0 Å². The number of rotatable bonds is 5. The lowest BCUT2D eigenvalue weighted by Gasteiger charge is -2.27. The molecular weight excluding hydrogens is 470 g/mol. The van der Waals surface area contributed by atoms with Gasteiger partial charge in [0.05, 0.1) is 22.7 Å². The minimum Gasteiger partial charge on any atom is -0.487 e. The highest BCUT2D eigenvalue weighted by molar-refractivity contribution is 9.10. The molecule has 0 aliphatic carbocycles. The molecule has 1 aliphatic rings. The number of amides is 2. The van der Waals surface area contributed by atoms with Crippen LogP contribution in [-0.2, 0) is 16.1 Å². The summed E-state index contributed by atoms with van der Waals surface area (Å²) in [6.45, 7) is 4.23. The number of nitrogens with one attached hydrogen (secondary N) is 2. The van der Waals surface area contributed by atoms with E-state index in [-0.39, 0.29) is 18.4 Å². The van der Waals surface area contributed by atoms with Gasteiger partial charge in [-0.2, -0.15) is 0 Å². The van der Waals surface area contributed by atoms with Crippen LogP contribution in [0.1, 0.15) is 18.1 Å². The molecule has 1 aliphatic heterocycles. The van der Waals surface area contributed by atoms with Crippen LogP contribution in [0.25, 0.3) is 10.8 Å². The van der Waals surface area contributed by atoms with Crippen molar-refractivity contribution >= 4 is 44.2 Å². The second kappa shape index (κ2) is 9.30. The van der Waals surface area contributed by atoms with Crippen LogP contribution < -0.4 is 20.3 Å². The molecule has 3 aromatic rings. The molecule has 3 aromatic carbocycles. The number of anilines is 1. The zero-order chi connectivity index (χ0) is 22.8. The maximum atomic E-state index is 13.7. The zero-order valence-corrected chi connectivity index (χ0v) is 19.9. The van der Waals surface area contributed by atoms with E-state index in [1.165, 1.54) is 0 Å². The summed E-state index contributed by atoms with van der Waals surface area (Å²) in [4.78, 5) is 28.0. The Morgan fingerprint density at radius 3 is 2.75 bits per heavy atom. The largest absolute Gasteiger partial charge is 0.487 e. The summed E-state index contributed by atoms with van der Waals surface area (Å²) in [6.07, 6.45) is 0. The van der Waals surface area contributed by atoms with Crippen LogP contribution in [0.15, 0.2) is 59.1 Å². The van der Waals surface area contributed by atoms with Gasteiger partial charge in [0.15, 0.2) is 5.75 Å². The summed E-state index contributed by atoms with van der Waals surface area (Å²) in [5, 5.41) is 7.97. The Hall–Kier alpha value is -2.90. The lowest BCUT2D eigenvalue weighted by atomic mass is 9.99. The fraction of sp³-hybridized carbons (Fsp3) is 0.280. The number of nitrogens with zero attached hydrogens (tertiary/aromatic N) is 1. The van der Waals surface area contributed by atoms with Crippen LogP contribution >= 0.6 is 15.9 Å². The number of likely N-dealkylation sites (N-methyl/N-ethyl adjacent to an activating group) is 1. The molecule has 2 amide bonds. The third-order valence-electron chi connectivity index (χ3n) is 5.93. The summed E-state index contributed by atoms with van der Waals surface area (Å²) in [6, 6.07) is 16.7. The standard InChI is InChI=1S/C25H26BrN3O3/c1-15-11-12-17-7-4-5-8-18(17)19(15)13-29-22-10-6-9-20(26)23(22)32-14-21(25(29)31)28-24(30)16(2)27-3/h4-12,16,21,27H,13-14H2,1-3H3,(H,28,30)/t16-,21-/m0/s1. The Balaban J connectivity index is 1.77. The van der Waals surface area contributed by atoms with Gasteiger partial charge in [-0.25, -0.2) is 0 Å². The number of aryl methyl sites for hydroxylation is 1. The van der Waals surface area contributed by atoms with Gasteiger partial charge >= 0.3 is 0 Å². The normalized spacial score (nSPS) is 16.8. The molecule has 0 unspecified atom stereocenters. The SMILES string of the molecule is CN[C@@H](C)C(=O)N[C@H]1COc2c(Br)cccc2N(Cc2c(C)ccc3ccccc23)C1=O. The van der Waals surface area contributed by atoms with E-state index in [1.54, 1.807) is 18.9 Å². The Morgan fingerprint density at radius 1 is 1.19 bits per heavy atom. The van der Waals surface area contributed by atoms with E-state index in [0.717, 1.165) is 26.4 Å². The number of para-hydroxylation sites is 1. The molecule has 0 saturated heterocycles. The molecule has 6 nitrogen and oxygen atoms in total. The molecule has 166 valence electrons. The van der Waals surface area contributed by atoms with Crippen LogP contribution in [0.2, 0.25) is 0 Å². The second-order valence-electron chi connectivity index (χ2n) is 7.98. The number of hydrogen-bond donors (Lipinski definition) is 2. The number of benzene rings is 3. The summed E-state index contributed by atoms with van der Waals surface area (Å²) in [7, 11) is 1.71. The third-order valence-corrected chi connectivity index (χ3v) is 6.55. The van der Waals surface area contributed by atoms with Gasteiger partial charge in [0, 0.05) is 0 Å². The van der Waals surface area contributed by atoms with Crippen LogP contribution in [-0.4, -0.2) is 37.6 Å². The number of carbonyl (C=O) groups is 2. The average molecular weight is 496 g/mol. The van der Waals surface area contributed by atoms with E-state index < -0.39 is 12.1 Å². The van der Waals surface area contributed by atoms with Crippen molar-refractivity contribution in [1.29, 1.82) is 0 Å². The molecule has 0 fully saturated rings. The quantitative estimate of drug-likeness (QED) is 0.562. The minimum atomic E-state index is -0.798. The lowest BCUT2D eigenvalue weighted by molar-refractivity contribution is -0.129.